The zero-order chi connectivity index (χ0) is 15.2. The van der Waals surface area contributed by atoms with Crippen LogP contribution >= 0.6 is 0 Å². The van der Waals surface area contributed by atoms with Gasteiger partial charge < -0.3 is 10.1 Å². The summed E-state index contributed by atoms with van der Waals surface area (Å²) in [6, 6.07) is 13.5. The van der Waals surface area contributed by atoms with E-state index in [4.69, 9.17) is 4.74 Å². The second-order valence-corrected chi connectivity index (χ2v) is 4.73. The summed E-state index contributed by atoms with van der Waals surface area (Å²) in [7, 11) is 0. The molecule has 0 atom stereocenters. The molecule has 0 spiro atoms. The molecular formula is C16H17N5O. The minimum absolute atomic E-state index is 0.582. The highest BCUT2D eigenvalue weighted by Gasteiger charge is 2.02. The summed E-state index contributed by atoms with van der Waals surface area (Å²) in [5.74, 6) is 2.10. The van der Waals surface area contributed by atoms with Crippen LogP contribution in [0.25, 0.3) is 0 Å². The maximum absolute atomic E-state index is 5.72. The molecule has 0 aliphatic rings. The van der Waals surface area contributed by atoms with Crippen molar-refractivity contribution >= 4 is 5.82 Å². The van der Waals surface area contributed by atoms with Gasteiger partial charge in [0.05, 0.1) is 6.20 Å². The molecule has 0 amide bonds. The predicted octanol–water partition coefficient (Wildman–Crippen LogP) is 3.10. The number of nitrogens with one attached hydrogen (secondary N) is 1. The summed E-state index contributed by atoms with van der Waals surface area (Å²) in [4.78, 5) is 4.15. The second kappa shape index (κ2) is 6.71. The molecular weight excluding hydrogens is 278 g/mol. The zero-order valence-electron chi connectivity index (χ0n) is 12.3. The summed E-state index contributed by atoms with van der Waals surface area (Å²) in [6.45, 7) is 3.49. The molecule has 0 unspecified atom stereocenters. The Balaban J connectivity index is 1.63. The Morgan fingerprint density at radius 3 is 2.91 bits per heavy atom. The van der Waals surface area contributed by atoms with Gasteiger partial charge in [-0.15, -0.1) is 5.10 Å². The Hall–Kier alpha value is -2.89. The maximum atomic E-state index is 5.72. The zero-order valence-corrected chi connectivity index (χ0v) is 12.3. The van der Waals surface area contributed by atoms with E-state index in [2.05, 4.69) is 20.6 Å². The van der Waals surface area contributed by atoms with Gasteiger partial charge in [0.25, 0.3) is 0 Å². The molecule has 3 aromatic rings. The van der Waals surface area contributed by atoms with Gasteiger partial charge >= 0.3 is 0 Å². The van der Waals surface area contributed by atoms with Crippen LogP contribution in [0.1, 0.15) is 12.5 Å². The lowest BCUT2D eigenvalue weighted by Crippen LogP contribution is -2.00. The van der Waals surface area contributed by atoms with Crippen molar-refractivity contribution in [3.05, 3.63) is 60.4 Å². The molecule has 2 heterocycles. The molecule has 0 saturated heterocycles. The number of pyridine rings is 1. The minimum Gasteiger partial charge on any atom is -0.439 e. The number of nitrogens with zero attached hydrogens (tertiary/aromatic N) is 4. The lowest BCUT2D eigenvalue weighted by atomic mass is 10.2. The molecule has 112 valence electrons. The molecule has 1 N–H and O–H groups in total. The number of benzene rings is 1. The summed E-state index contributed by atoms with van der Waals surface area (Å²) >= 11 is 0. The monoisotopic (exact) mass is 295 g/mol. The lowest BCUT2D eigenvalue weighted by Gasteiger charge is -2.07. The van der Waals surface area contributed by atoms with Crippen LogP contribution in [0.4, 0.5) is 5.82 Å². The van der Waals surface area contributed by atoms with Gasteiger partial charge in [0.2, 0.25) is 5.88 Å². The summed E-state index contributed by atoms with van der Waals surface area (Å²) in [6.07, 6.45) is 3.59. The van der Waals surface area contributed by atoms with Crippen LogP contribution < -0.4 is 10.1 Å². The second-order valence-electron chi connectivity index (χ2n) is 4.73. The number of ether oxygens (including phenoxy) is 1. The van der Waals surface area contributed by atoms with Gasteiger partial charge in [-0.05, 0) is 30.7 Å². The molecule has 0 aliphatic heterocycles. The molecule has 22 heavy (non-hydrogen) atoms. The Morgan fingerprint density at radius 1 is 1.18 bits per heavy atom. The van der Waals surface area contributed by atoms with Gasteiger partial charge in [-0.1, -0.05) is 23.4 Å². The van der Waals surface area contributed by atoms with Gasteiger partial charge in [-0.2, -0.15) is 0 Å². The van der Waals surface area contributed by atoms with Crippen LogP contribution in [-0.4, -0.2) is 20.0 Å². The van der Waals surface area contributed by atoms with E-state index in [1.807, 2.05) is 55.6 Å². The van der Waals surface area contributed by atoms with Crippen LogP contribution in [0, 0.1) is 0 Å². The average Bonchev–Trinajstić information content (AvgIpc) is 3.02. The van der Waals surface area contributed by atoms with Crippen LogP contribution in [0.5, 0.6) is 11.6 Å². The van der Waals surface area contributed by atoms with E-state index in [-0.39, 0.29) is 0 Å². The number of anilines is 1. The molecule has 2 aromatic heterocycles. The lowest BCUT2D eigenvalue weighted by molar-refractivity contribution is 0.462. The van der Waals surface area contributed by atoms with Crippen molar-refractivity contribution in [3.63, 3.8) is 0 Å². The topological polar surface area (TPSA) is 64.9 Å². The smallest absolute Gasteiger partial charge is 0.219 e. The summed E-state index contributed by atoms with van der Waals surface area (Å²) in [5.41, 5.74) is 1.10. The van der Waals surface area contributed by atoms with Crippen molar-refractivity contribution in [2.24, 2.45) is 0 Å². The van der Waals surface area contributed by atoms with E-state index in [9.17, 15) is 0 Å². The first-order chi connectivity index (χ1) is 10.8. The van der Waals surface area contributed by atoms with E-state index in [1.165, 1.54) is 0 Å². The van der Waals surface area contributed by atoms with Gasteiger partial charge in [0, 0.05) is 25.4 Å². The normalized spacial score (nSPS) is 10.4. The minimum atomic E-state index is 0.582. The fraction of sp³-hybridized carbons (Fsp3) is 0.188. The molecule has 0 saturated carbocycles. The van der Waals surface area contributed by atoms with Crippen LogP contribution in [0.2, 0.25) is 0 Å². The highest BCUT2D eigenvalue weighted by molar-refractivity contribution is 5.35. The molecule has 6 nitrogen and oxygen atoms in total. The van der Waals surface area contributed by atoms with Crippen molar-refractivity contribution in [2.75, 3.05) is 5.32 Å². The molecule has 6 heteroatoms. The first-order valence-corrected chi connectivity index (χ1v) is 7.15. The Kier molecular flexibility index (Phi) is 4.29. The van der Waals surface area contributed by atoms with E-state index in [0.29, 0.717) is 12.4 Å². The molecule has 1 aromatic carbocycles. The first-order valence-electron chi connectivity index (χ1n) is 7.15. The Labute approximate surface area is 128 Å². The van der Waals surface area contributed by atoms with Crippen LogP contribution in [-0.2, 0) is 13.1 Å². The molecule has 3 rings (SSSR count). The quantitative estimate of drug-likeness (QED) is 0.757. The molecule has 0 fully saturated rings. The highest BCUT2D eigenvalue weighted by atomic mass is 16.5. The number of aromatic nitrogens is 4. The molecule has 0 aliphatic carbocycles. The largest absolute Gasteiger partial charge is 0.439 e. The fourth-order valence-corrected chi connectivity index (χ4v) is 1.97. The van der Waals surface area contributed by atoms with Crippen LogP contribution in [0.3, 0.4) is 0 Å². The highest BCUT2D eigenvalue weighted by Crippen LogP contribution is 2.20. The third-order valence-corrected chi connectivity index (χ3v) is 3.09. The van der Waals surface area contributed by atoms with Crippen molar-refractivity contribution in [2.45, 2.75) is 20.0 Å². The van der Waals surface area contributed by atoms with E-state index < -0.39 is 0 Å². The molecule has 0 radical (unpaired) electrons. The van der Waals surface area contributed by atoms with Gasteiger partial charge in [-0.3, -0.25) is 4.68 Å². The van der Waals surface area contributed by atoms with E-state index in [0.717, 1.165) is 23.7 Å². The number of hydrogen-bond donors (Lipinski definition) is 1. The SMILES string of the molecule is CCn1cc(NCc2cccc(Oc3ccccn3)c2)nn1. The number of rotatable bonds is 6. The Morgan fingerprint density at radius 2 is 2.14 bits per heavy atom. The summed E-state index contributed by atoms with van der Waals surface area (Å²) < 4.78 is 7.50. The van der Waals surface area contributed by atoms with E-state index >= 15 is 0 Å². The van der Waals surface area contributed by atoms with Crippen LogP contribution in [0.15, 0.2) is 54.9 Å². The van der Waals surface area contributed by atoms with Gasteiger partial charge in [0.1, 0.15) is 5.75 Å². The van der Waals surface area contributed by atoms with Gasteiger partial charge in [0.15, 0.2) is 5.82 Å². The van der Waals surface area contributed by atoms with E-state index in [1.54, 1.807) is 10.9 Å². The van der Waals surface area contributed by atoms with Crippen molar-refractivity contribution < 1.29 is 4.74 Å². The third-order valence-electron chi connectivity index (χ3n) is 3.09. The number of aryl methyl sites for hydroxylation is 1. The fourth-order valence-electron chi connectivity index (χ4n) is 1.97. The van der Waals surface area contributed by atoms with Crippen molar-refractivity contribution in [3.8, 4) is 11.6 Å². The third kappa shape index (κ3) is 3.60. The summed E-state index contributed by atoms with van der Waals surface area (Å²) in [5, 5.41) is 11.3. The average molecular weight is 295 g/mol. The van der Waals surface area contributed by atoms with Gasteiger partial charge in [-0.25, -0.2) is 4.98 Å². The predicted molar refractivity (Wildman–Crippen MR) is 83.8 cm³/mol. The molecule has 0 bridgehead atoms. The standard InChI is InChI=1S/C16H17N5O/c1-2-21-12-15(19-20-21)18-11-13-6-5-7-14(10-13)22-16-8-3-4-9-17-16/h3-10,12,18H,2,11H2,1H3. The Bertz CT molecular complexity index is 726. The van der Waals surface area contributed by atoms with Crippen molar-refractivity contribution in [1.29, 1.82) is 0 Å². The number of hydrogen-bond acceptors (Lipinski definition) is 5. The first kappa shape index (κ1) is 14.1. The maximum Gasteiger partial charge on any atom is 0.219 e. The van der Waals surface area contributed by atoms with Crippen molar-refractivity contribution in [1.82, 2.24) is 20.0 Å².